The van der Waals surface area contributed by atoms with E-state index in [-0.39, 0.29) is 25.9 Å². The number of amides is 1. The number of allylic oxidation sites excluding steroid dienone is 1. The Morgan fingerprint density at radius 1 is 1.14 bits per heavy atom. The van der Waals surface area contributed by atoms with Crippen molar-refractivity contribution >= 4 is 29.7 Å². The van der Waals surface area contributed by atoms with Crippen LogP contribution < -0.4 is 4.74 Å². The predicted molar refractivity (Wildman–Crippen MR) is 168 cm³/mol. The number of rotatable bonds is 10. The van der Waals surface area contributed by atoms with Crippen molar-refractivity contribution in [3.05, 3.63) is 65.3 Å². The van der Waals surface area contributed by atoms with E-state index < -0.39 is 24.4 Å². The molecule has 1 aromatic heterocycles. The summed E-state index contributed by atoms with van der Waals surface area (Å²) in [6.07, 6.45) is 4.57. The molecule has 2 saturated heterocycles. The topological polar surface area (TPSA) is 119 Å². The normalized spacial score (nSPS) is 19.8. The van der Waals surface area contributed by atoms with Gasteiger partial charge in [-0.3, -0.25) is 4.90 Å². The van der Waals surface area contributed by atoms with Gasteiger partial charge in [0.25, 0.3) is 0 Å². The number of nitriles is 1. The number of aromatic nitrogens is 2. The lowest BCUT2D eigenvalue weighted by Crippen LogP contribution is -2.41. The molecule has 5 rings (SSSR count). The van der Waals surface area contributed by atoms with Gasteiger partial charge >= 0.3 is 13.2 Å². The van der Waals surface area contributed by atoms with Gasteiger partial charge in [0.15, 0.2) is 6.23 Å². The molecule has 1 atom stereocenters. The van der Waals surface area contributed by atoms with Gasteiger partial charge in [0.05, 0.1) is 35.5 Å². The van der Waals surface area contributed by atoms with Crippen LogP contribution in [0.5, 0.6) is 5.75 Å². The third kappa shape index (κ3) is 6.48. The molecule has 11 heteroatoms. The Labute approximate surface area is 259 Å². The molecular formula is C33H41BN4O6. The van der Waals surface area contributed by atoms with Crippen LogP contribution in [-0.4, -0.2) is 70.5 Å². The maximum absolute atomic E-state index is 11.3. The highest BCUT2D eigenvalue weighted by molar-refractivity contribution is 6.56. The van der Waals surface area contributed by atoms with E-state index in [1.54, 1.807) is 0 Å². The standard InChI is InChI=1S/C33H41BN4O6/c1-6-27(34-43-32(2,3)33(4,5)44-34)30(23-10-13-26(14-11-23)41-20-18-37(17-16-35)31(39)40)24-12-15-28-25(21-24)22-36-38(28)29-9-7-8-19-42-29/h10-15,21-22,29H,6-9,17-20H2,1-5H3,(H,39,40). The SMILES string of the molecule is CCC(B1OC(C)(C)C(C)(C)O1)=C(c1ccc(OCCN(CC#N)C(=O)O)cc1)c1ccc2c(cnn2C2CCCCO2)c1. The van der Waals surface area contributed by atoms with Crippen LogP contribution in [0.2, 0.25) is 0 Å². The molecule has 44 heavy (non-hydrogen) atoms. The van der Waals surface area contributed by atoms with Crippen molar-refractivity contribution < 1.29 is 28.7 Å². The summed E-state index contributed by atoms with van der Waals surface area (Å²) >= 11 is 0. The minimum Gasteiger partial charge on any atom is -0.492 e. The molecule has 2 aromatic carbocycles. The van der Waals surface area contributed by atoms with Crippen LogP contribution in [0.15, 0.2) is 54.1 Å². The molecule has 1 amide bonds. The quantitative estimate of drug-likeness (QED) is 0.208. The summed E-state index contributed by atoms with van der Waals surface area (Å²) in [5.74, 6) is 0.605. The van der Waals surface area contributed by atoms with E-state index in [1.165, 1.54) is 0 Å². The number of ether oxygens (including phenoxy) is 2. The third-order valence-electron chi connectivity index (χ3n) is 8.86. The van der Waals surface area contributed by atoms with Crippen molar-refractivity contribution in [3.8, 4) is 11.8 Å². The van der Waals surface area contributed by atoms with Crippen molar-refractivity contribution in [2.24, 2.45) is 0 Å². The fourth-order valence-electron chi connectivity index (χ4n) is 5.66. The monoisotopic (exact) mass is 600 g/mol. The number of hydrogen-bond donors (Lipinski definition) is 1. The molecule has 0 aliphatic carbocycles. The second kappa shape index (κ2) is 13.0. The largest absolute Gasteiger partial charge is 0.492 e. The molecule has 10 nitrogen and oxygen atoms in total. The van der Waals surface area contributed by atoms with E-state index in [9.17, 15) is 9.90 Å². The van der Waals surface area contributed by atoms with Crippen molar-refractivity contribution in [1.29, 1.82) is 5.26 Å². The van der Waals surface area contributed by atoms with E-state index in [2.05, 4.69) is 52.8 Å². The summed E-state index contributed by atoms with van der Waals surface area (Å²) in [6.45, 7) is 11.1. The fraction of sp³-hybridized carbons (Fsp3) is 0.485. The van der Waals surface area contributed by atoms with E-state index in [4.69, 9.17) is 29.1 Å². The highest BCUT2D eigenvalue weighted by atomic mass is 16.7. The zero-order valence-corrected chi connectivity index (χ0v) is 26.2. The molecule has 3 heterocycles. The van der Waals surface area contributed by atoms with Gasteiger partial charge in [-0.25, -0.2) is 9.48 Å². The first-order valence-electron chi connectivity index (χ1n) is 15.3. The van der Waals surface area contributed by atoms with Crippen LogP contribution in [0, 0.1) is 11.3 Å². The van der Waals surface area contributed by atoms with Gasteiger partial charge in [-0.05, 0) is 99.8 Å². The molecule has 2 aliphatic heterocycles. The summed E-state index contributed by atoms with van der Waals surface area (Å²) < 4.78 is 26.9. The molecule has 2 fully saturated rings. The summed E-state index contributed by atoms with van der Waals surface area (Å²) in [6, 6.07) is 16.0. The molecule has 1 unspecified atom stereocenters. The second-order valence-corrected chi connectivity index (χ2v) is 12.3. The number of benzene rings is 2. The Morgan fingerprint density at radius 3 is 2.45 bits per heavy atom. The number of fused-ring (bicyclic) bond motifs is 1. The summed E-state index contributed by atoms with van der Waals surface area (Å²) in [5, 5.41) is 23.8. The Hall–Kier alpha value is -3.85. The lowest BCUT2D eigenvalue weighted by atomic mass is 9.70. The smallest absolute Gasteiger partial charge is 0.491 e. The van der Waals surface area contributed by atoms with E-state index in [0.717, 1.165) is 63.8 Å². The zero-order valence-electron chi connectivity index (χ0n) is 26.2. The van der Waals surface area contributed by atoms with Crippen LogP contribution in [0.25, 0.3) is 16.5 Å². The van der Waals surface area contributed by atoms with Gasteiger partial charge < -0.3 is 23.9 Å². The maximum Gasteiger partial charge on any atom is 0.491 e. The molecule has 0 radical (unpaired) electrons. The first-order valence-corrected chi connectivity index (χ1v) is 15.3. The van der Waals surface area contributed by atoms with Crippen LogP contribution in [-0.2, 0) is 14.0 Å². The first-order chi connectivity index (χ1) is 21.0. The van der Waals surface area contributed by atoms with Crippen molar-refractivity contribution in [3.63, 3.8) is 0 Å². The summed E-state index contributed by atoms with van der Waals surface area (Å²) in [7, 11) is -0.521. The molecule has 232 valence electrons. The highest BCUT2D eigenvalue weighted by Crippen LogP contribution is 2.42. The number of carboxylic acid groups (broad SMARTS) is 1. The molecular weight excluding hydrogens is 559 g/mol. The Balaban J connectivity index is 1.49. The van der Waals surface area contributed by atoms with E-state index in [0.29, 0.717) is 12.2 Å². The minimum absolute atomic E-state index is 0.0481. The average Bonchev–Trinajstić information content (AvgIpc) is 3.52. The number of nitrogens with zero attached hydrogens (tertiary/aromatic N) is 4. The Morgan fingerprint density at radius 2 is 1.84 bits per heavy atom. The molecule has 1 N–H and O–H groups in total. The Kier molecular flexibility index (Phi) is 9.35. The van der Waals surface area contributed by atoms with E-state index in [1.807, 2.05) is 41.2 Å². The van der Waals surface area contributed by atoms with Crippen LogP contribution in [0.1, 0.15) is 77.7 Å². The molecule has 0 bridgehead atoms. The number of hydrogen-bond acceptors (Lipinski definition) is 7. The van der Waals surface area contributed by atoms with Crippen molar-refractivity contribution in [2.75, 3.05) is 26.3 Å². The maximum atomic E-state index is 11.3. The fourth-order valence-corrected chi connectivity index (χ4v) is 5.66. The van der Waals surface area contributed by atoms with Crippen molar-refractivity contribution in [2.45, 2.75) is 77.7 Å². The first kappa shape index (κ1) is 31.6. The molecule has 3 aromatic rings. The molecule has 2 aliphatic rings. The van der Waals surface area contributed by atoms with E-state index >= 15 is 0 Å². The van der Waals surface area contributed by atoms with Gasteiger partial charge in [0.1, 0.15) is 18.9 Å². The minimum atomic E-state index is -1.15. The average molecular weight is 601 g/mol. The molecule has 0 saturated carbocycles. The third-order valence-corrected chi connectivity index (χ3v) is 8.86. The van der Waals surface area contributed by atoms with Gasteiger partial charge in [0, 0.05) is 12.0 Å². The van der Waals surface area contributed by atoms with Crippen LogP contribution >= 0.6 is 0 Å². The van der Waals surface area contributed by atoms with Gasteiger partial charge in [-0.2, -0.15) is 10.4 Å². The Bertz CT molecular complexity index is 1540. The second-order valence-electron chi connectivity index (χ2n) is 12.3. The zero-order chi connectivity index (χ0) is 31.5. The summed E-state index contributed by atoms with van der Waals surface area (Å²) in [5.41, 5.74) is 4.12. The van der Waals surface area contributed by atoms with Gasteiger partial charge in [-0.15, -0.1) is 0 Å². The lowest BCUT2D eigenvalue weighted by molar-refractivity contribution is -0.0366. The molecule has 0 spiro atoms. The highest BCUT2D eigenvalue weighted by Gasteiger charge is 2.52. The summed E-state index contributed by atoms with van der Waals surface area (Å²) in [4.78, 5) is 12.3. The lowest BCUT2D eigenvalue weighted by Gasteiger charge is -2.32. The van der Waals surface area contributed by atoms with Gasteiger partial charge in [-0.1, -0.05) is 25.1 Å². The van der Waals surface area contributed by atoms with Crippen LogP contribution in [0.4, 0.5) is 4.79 Å². The van der Waals surface area contributed by atoms with Gasteiger partial charge in [0.2, 0.25) is 0 Å². The predicted octanol–water partition coefficient (Wildman–Crippen LogP) is 6.46. The van der Waals surface area contributed by atoms with Crippen LogP contribution in [0.3, 0.4) is 0 Å². The van der Waals surface area contributed by atoms with Crippen molar-refractivity contribution in [1.82, 2.24) is 14.7 Å². The number of carbonyl (C=O) groups is 1.